The number of amides is 1. The fourth-order valence-electron chi connectivity index (χ4n) is 3.83. The molecule has 0 N–H and O–H groups in total. The van der Waals surface area contributed by atoms with E-state index in [4.69, 9.17) is 4.74 Å². The summed E-state index contributed by atoms with van der Waals surface area (Å²) in [6.45, 7) is 5.60. The molecule has 0 spiro atoms. The van der Waals surface area contributed by atoms with Crippen molar-refractivity contribution in [3.05, 3.63) is 59.7 Å². The van der Waals surface area contributed by atoms with Crippen LogP contribution in [-0.4, -0.2) is 49.8 Å². The summed E-state index contributed by atoms with van der Waals surface area (Å²) in [5.74, 6) is 0.528. The van der Waals surface area contributed by atoms with Crippen molar-refractivity contribution in [2.75, 3.05) is 26.2 Å². The molecule has 168 valence electrons. The molecule has 1 fully saturated rings. The van der Waals surface area contributed by atoms with E-state index in [1.54, 1.807) is 18.2 Å². The third kappa shape index (κ3) is 6.08. The largest absolute Gasteiger partial charge is 0.494 e. The van der Waals surface area contributed by atoms with Gasteiger partial charge in [-0.25, -0.2) is 8.42 Å². The molecule has 0 aromatic heterocycles. The molecule has 0 bridgehead atoms. The lowest BCUT2D eigenvalue weighted by Crippen LogP contribution is -2.43. The van der Waals surface area contributed by atoms with E-state index in [0.717, 1.165) is 36.8 Å². The minimum atomic E-state index is -3.87. The number of hydrogen-bond donors (Lipinski definition) is 0. The minimum Gasteiger partial charge on any atom is -0.494 e. The summed E-state index contributed by atoms with van der Waals surface area (Å²) < 4.78 is 34.0. The van der Waals surface area contributed by atoms with Crippen molar-refractivity contribution in [1.82, 2.24) is 9.21 Å². The first kappa shape index (κ1) is 23.3. The summed E-state index contributed by atoms with van der Waals surface area (Å²) in [7, 11) is -3.87. The zero-order valence-corrected chi connectivity index (χ0v) is 19.2. The van der Waals surface area contributed by atoms with Gasteiger partial charge in [0, 0.05) is 19.6 Å². The Kier molecular flexibility index (Phi) is 8.09. The highest BCUT2D eigenvalue weighted by molar-refractivity contribution is 7.89. The maximum Gasteiger partial charge on any atom is 0.243 e. The summed E-state index contributed by atoms with van der Waals surface area (Å²) in [5, 5.41) is 0. The SMILES string of the molecule is CCOc1ccc(S(=O)(=O)N(CC(=O)N2CCCCCC2)Cc2ccccc2)cc1C. The third-order valence-electron chi connectivity index (χ3n) is 5.56. The Labute approximate surface area is 185 Å². The van der Waals surface area contributed by atoms with Gasteiger partial charge in [0.2, 0.25) is 15.9 Å². The Morgan fingerprint density at radius 3 is 2.32 bits per heavy atom. The zero-order valence-electron chi connectivity index (χ0n) is 18.4. The van der Waals surface area contributed by atoms with Gasteiger partial charge in [0.1, 0.15) is 5.75 Å². The molecular formula is C24H32N2O4S. The second-order valence-electron chi connectivity index (χ2n) is 7.91. The number of carbonyl (C=O) groups excluding carboxylic acids is 1. The van der Waals surface area contributed by atoms with Crippen LogP contribution in [0.4, 0.5) is 0 Å². The molecule has 1 saturated heterocycles. The number of likely N-dealkylation sites (tertiary alicyclic amines) is 1. The van der Waals surface area contributed by atoms with Crippen LogP contribution in [0.2, 0.25) is 0 Å². The van der Waals surface area contributed by atoms with Crippen LogP contribution in [0, 0.1) is 6.92 Å². The van der Waals surface area contributed by atoms with Gasteiger partial charge in [-0.3, -0.25) is 4.79 Å². The predicted molar refractivity (Wildman–Crippen MR) is 121 cm³/mol. The Bertz CT molecular complexity index is 968. The third-order valence-corrected chi connectivity index (χ3v) is 7.34. The lowest BCUT2D eigenvalue weighted by molar-refractivity contribution is -0.131. The van der Waals surface area contributed by atoms with Gasteiger partial charge in [0.25, 0.3) is 0 Å². The van der Waals surface area contributed by atoms with Gasteiger partial charge in [-0.1, -0.05) is 43.2 Å². The Morgan fingerprint density at radius 1 is 1.03 bits per heavy atom. The zero-order chi connectivity index (χ0) is 22.3. The second-order valence-corrected chi connectivity index (χ2v) is 9.85. The molecule has 7 heteroatoms. The van der Waals surface area contributed by atoms with Crippen molar-refractivity contribution in [1.29, 1.82) is 0 Å². The number of hydrogen-bond acceptors (Lipinski definition) is 4. The van der Waals surface area contributed by atoms with E-state index >= 15 is 0 Å². The van der Waals surface area contributed by atoms with E-state index in [1.807, 2.05) is 49.1 Å². The summed E-state index contributed by atoms with van der Waals surface area (Å²) in [6, 6.07) is 14.3. The smallest absolute Gasteiger partial charge is 0.243 e. The quantitative estimate of drug-likeness (QED) is 0.618. The number of nitrogens with zero attached hydrogens (tertiary/aromatic N) is 2. The van der Waals surface area contributed by atoms with Gasteiger partial charge < -0.3 is 9.64 Å². The standard InChI is InChI=1S/C24H32N2O4S/c1-3-30-23-14-13-22(17-20(23)2)31(28,29)26(18-21-11-7-6-8-12-21)19-24(27)25-15-9-4-5-10-16-25/h6-8,11-14,17H,3-5,9-10,15-16,18-19H2,1-2H3. The first-order chi connectivity index (χ1) is 14.9. The summed E-state index contributed by atoms with van der Waals surface area (Å²) >= 11 is 0. The number of aryl methyl sites for hydroxylation is 1. The first-order valence-electron chi connectivity index (χ1n) is 11.0. The molecule has 31 heavy (non-hydrogen) atoms. The van der Waals surface area contributed by atoms with E-state index < -0.39 is 10.0 Å². The molecule has 2 aromatic carbocycles. The van der Waals surface area contributed by atoms with Gasteiger partial charge in [0.05, 0.1) is 18.0 Å². The molecule has 0 saturated carbocycles. The molecule has 0 radical (unpaired) electrons. The van der Waals surface area contributed by atoms with Gasteiger partial charge in [0.15, 0.2) is 0 Å². The van der Waals surface area contributed by atoms with Crippen LogP contribution in [0.1, 0.15) is 43.7 Å². The van der Waals surface area contributed by atoms with Crippen molar-refractivity contribution in [3.8, 4) is 5.75 Å². The van der Waals surface area contributed by atoms with Crippen LogP contribution in [0.15, 0.2) is 53.4 Å². The average molecular weight is 445 g/mol. The minimum absolute atomic E-state index is 0.135. The predicted octanol–water partition coefficient (Wildman–Crippen LogP) is 3.99. The summed E-state index contributed by atoms with van der Waals surface area (Å²) in [4.78, 5) is 15.0. The van der Waals surface area contributed by atoms with Crippen LogP contribution in [0.25, 0.3) is 0 Å². The monoisotopic (exact) mass is 444 g/mol. The molecule has 6 nitrogen and oxygen atoms in total. The Morgan fingerprint density at radius 2 is 1.71 bits per heavy atom. The van der Waals surface area contributed by atoms with Crippen LogP contribution in [-0.2, 0) is 21.4 Å². The number of sulfonamides is 1. The van der Waals surface area contributed by atoms with Gasteiger partial charge in [-0.2, -0.15) is 4.31 Å². The number of rotatable bonds is 8. The van der Waals surface area contributed by atoms with Crippen molar-refractivity contribution in [2.24, 2.45) is 0 Å². The fourth-order valence-corrected chi connectivity index (χ4v) is 5.30. The molecule has 1 aliphatic rings. The molecule has 2 aromatic rings. The fraction of sp³-hybridized carbons (Fsp3) is 0.458. The van der Waals surface area contributed by atoms with Crippen molar-refractivity contribution in [2.45, 2.75) is 51.0 Å². The van der Waals surface area contributed by atoms with E-state index in [1.165, 1.54) is 4.31 Å². The molecular weight excluding hydrogens is 412 g/mol. The van der Waals surface area contributed by atoms with E-state index in [9.17, 15) is 13.2 Å². The maximum absolute atomic E-state index is 13.6. The van der Waals surface area contributed by atoms with Crippen molar-refractivity contribution in [3.63, 3.8) is 0 Å². The number of ether oxygens (including phenoxy) is 1. The van der Waals surface area contributed by atoms with Crippen LogP contribution in [0.3, 0.4) is 0 Å². The molecule has 0 aliphatic carbocycles. The van der Waals surface area contributed by atoms with Gasteiger partial charge in [-0.15, -0.1) is 0 Å². The van der Waals surface area contributed by atoms with Crippen LogP contribution in [0.5, 0.6) is 5.75 Å². The van der Waals surface area contributed by atoms with Crippen molar-refractivity contribution < 1.29 is 17.9 Å². The molecule has 0 unspecified atom stereocenters. The van der Waals surface area contributed by atoms with Gasteiger partial charge >= 0.3 is 0 Å². The number of benzene rings is 2. The number of carbonyl (C=O) groups is 1. The van der Waals surface area contributed by atoms with E-state index in [2.05, 4.69) is 0 Å². The van der Waals surface area contributed by atoms with E-state index in [0.29, 0.717) is 25.4 Å². The van der Waals surface area contributed by atoms with Crippen LogP contribution < -0.4 is 4.74 Å². The summed E-state index contributed by atoms with van der Waals surface area (Å²) in [6.07, 6.45) is 4.16. The average Bonchev–Trinajstić information content (AvgIpc) is 3.05. The lowest BCUT2D eigenvalue weighted by Gasteiger charge is -2.26. The molecule has 1 aliphatic heterocycles. The highest BCUT2D eigenvalue weighted by Gasteiger charge is 2.29. The Hall–Kier alpha value is -2.38. The van der Waals surface area contributed by atoms with Crippen LogP contribution >= 0.6 is 0 Å². The normalized spacial score (nSPS) is 15.0. The van der Waals surface area contributed by atoms with Crippen molar-refractivity contribution >= 4 is 15.9 Å². The molecule has 1 amide bonds. The summed E-state index contributed by atoms with van der Waals surface area (Å²) in [5.41, 5.74) is 1.60. The molecule has 0 atom stereocenters. The molecule has 1 heterocycles. The highest BCUT2D eigenvalue weighted by Crippen LogP contribution is 2.25. The molecule has 3 rings (SSSR count). The second kappa shape index (κ2) is 10.8. The topological polar surface area (TPSA) is 66.9 Å². The Balaban J connectivity index is 1.88. The highest BCUT2D eigenvalue weighted by atomic mass is 32.2. The maximum atomic E-state index is 13.6. The lowest BCUT2D eigenvalue weighted by atomic mass is 10.2. The van der Waals surface area contributed by atoms with Gasteiger partial charge in [-0.05, 0) is 56.0 Å². The van der Waals surface area contributed by atoms with E-state index in [-0.39, 0.29) is 23.9 Å². The first-order valence-corrected chi connectivity index (χ1v) is 12.4.